The van der Waals surface area contributed by atoms with E-state index >= 15 is 0 Å². The normalized spacial score (nSPS) is 18.7. The molecule has 1 unspecified atom stereocenters. The van der Waals surface area contributed by atoms with Crippen LogP contribution in [-0.2, 0) is 17.8 Å². The van der Waals surface area contributed by atoms with Crippen molar-refractivity contribution in [2.24, 2.45) is 0 Å². The quantitative estimate of drug-likeness (QED) is 0.746. The zero-order valence-electron chi connectivity index (χ0n) is 16.8. The number of benzene rings is 2. The summed E-state index contributed by atoms with van der Waals surface area (Å²) in [4.78, 5) is 27.2. The van der Waals surface area contributed by atoms with E-state index in [0.717, 1.165) is 60.3 Å². The average Bonchev–Trinajstić information content (AvgIpc) is 2.75. The van der Waals surface area contributed by atoms with Crippen molar-refractivity contribution in [3.8, 4) is 0 Å². The van der Waals surface area contributed by atoms with Crippen molar-refractivity contribution in [3.05, 3.63) is 59.2 Å². The van der Waals surface area contributed by atoms with Gasteiger partial charge in [0.05, 0.1) is 6.04 Å². The van der Waals surface area contributed by atoms with Crippen LogP contribution in [0.3, 0.4) is 0 Å². The van der Waals surface area contributed by atoms with Gasteiger partial charge < -0.3 is 20.9 Å². The summed E-state index contributed by atoms with van der Waals surface area (Å²) >= 11 is 0. The second-order valence-electron chi connectivity index (χ2n) is 7.90. The first-order valence-corrected chi connectivity index (χ1v) is 10.4. The Hall–Kier alpha value is -2.86. The number of carbonyl (C=O) groups excluding carboxylic acids is 2. The Labute approximate surface area is 171 Å². The number of piperidine rings is 1. The molecule has 3 N–H and O–H groups in total. The number of carbonyl (C=O) groups is 2. The van der Waals surface area contributed by atoms with Gasteiger partial charge in [-0.05, 0) is 62.1 Å². The standard InChI is InChI=1S/C23H28N4O2/c1-16-8-10-18(11-9-16)25-23(29)26-20-7-4-5-17-15-27(14-12-19(17)20)22(28)21-6-2-3-13-24-21/h4-5,7-11,21,24H,2-3,6,12-15H2,1H3,(H2,25,26,29). The molecule has 3 amide bonds. The largest absolute Gasteiger partial charge is 0.337 e. The molecular weight excluding hydrogens is 364 g/mol. The van der Waals surface area contributed by atoms with Gasteiger partial charge in [-0.2, -0.15) is 0 Å². The first-order valence-electron chi connectivity index (χ1n) is 10.4. The van der Waals surface area contributed by atoms with E-state index in [1.807, 2.05) is 54.3 Å². The Morgan fingerprint density at radius 3 is 2.66 bits per heavy atom. The second-order valence-corrected chi connectivity index (χ2v) is 7.90. The fourth-order valence-corrected chi connectivity index (χ4v) is 4.12. The number of aryl methyl sites for hydroxylation is 1. The van der Waals surface area contributed by atoms with Crippen molar-refractivity contribution in [1.82, 2.24) is 10.2 Å². The van der Waals surface area contributed by atoms with Gasteiger partial charge in [0.25, 0.3) is 0 Å². The Morgan fingerprint density at radius 1 is 1.07 bits per heavy atom. The molecule has 2 aromatic rings. The lowest BCUT2D eigenvalue weighted by atomic mass is 9.96. The summed E-state index contributed by atoms with van der Waals surface area (Å²) in [5.41, 5.74) is 4.95. The van der Waals surface area contributed by atoms with E-state index in [-0.39, 0.29) is 18.0 Å². The molecule has 29 heavy (non-hydrogen) atoms. The van der Waals surface area contributed by atoms with Crippen LogP contribution in [0.25, 0.3) is 0 Å². The molecule has 4 rings (SSSR count). The minimum atomic E-state index is -0.257. The van der Waals surface area contributed by atoms with Gasteiger partial charge in [-0.25, -0.2) is 4.79 Å². The molecule has 2 heterocycles. The molecule has 2 aliphatic rings. The fraction of sp³-hybridized carbons (Fsp3) is 0.391. The highest BCUT2D eigenvalue weighted by atomic mass is 16.2. The summed E-state index contributed by atoms with van der Waals surface area (Å²) in [6.45, 7) is 4.22. The van der Waals surface area contributed by atoms with Crippen LogP contribution in [0.4, 0.5) is 16.2 Å². The first-order chi connectivity index (χ1) is 14.1. The number of nitrogens with one attached hydrogen (secondary N) is 3. The molecule has 0 bridgehead atoms. The smallest absolute Gasteiger partial charge is 0.323 e. The first kappa shape index (κ1) is 19.5. The zero-order valence-corrected chi connectivity index (χ0v) is 16.8. The van der Waals surface area contributed by atoms with Crippen LogP contribution in [0.1, 0.15) is 36.0 Å². The minimum Gasteiger partial charge on any atom is -0.337 e. The van der Waals surface area contributed by atoms with Crippen LogP contribution in [0.15, 0.2) is 42.5 Å². The van der Waals surface area contributed by atoms with Gasteiger partial charge in [0, 0.05) is 24.5 Å². The van der Waals surface area contributed by atoms with Crippen LogP contribution in [0.5, 0.6) is 0 Å². The van der Waals surface area contributed by atoms with Crippen molar-refractivity contribution >= 4 is 23.3 Å². The topological polar surface area (TPSA) is 73.5 Å². The van der Waals surface area contributed by atoms with Gasteiger partial charge >= 0.3 is 6.03 Å². The highest BCUT2D eigenvalue weighted by molar-refractivity contribution is 6.00. The van der Waals surface area contributed by atoms with E-state index in [2.05, 4.69) is 16.0 Å². The average molecular weight is 393 g/mol. The Kier molecular flexibility index (Phi) is 5.81. The molecular formula is C23H28N4O2. The lowest BCUT2D eigenvalue weighted by Gasteiger charge is -2.34. The number of amides is 3. The number of hydrogen-bond donors (Lipinski definition) is 3. The maximum Gasteiger partial charge on any atom is 0.323 e. The van der Waals surface area contributed by atoms with Crippen molar-refractivity contribution in [3.63, 3.8) is 0 Å². The molecule has 2 aromatic carbocycles. The highest BCUT2D eigenvalue weighted by Crippen LogP contribution is 2.27. The second kappa shape index (κ2) is 8.66. The summed E-state index contributed by atoms with van der Waals surface area (Å²) in [6, 6.07) is 13.3. The third-order valence-corrected chi connectivity index (χ3v) is 5.74. The molecule has 0 spiro atoms. The lowest BCUT2D eigenvalue weighted by molar-refractivity contribution is -0.135. The van der Waals surface area contributed by atoms with Crippen molar-refractivity contribution in [2.45, 2.75) is 45.2 Å². The van der Waals surface area contributed by atoms with Gasteiger partial charge in [-0.1, -0.05) is 36.2 Å². The van der Waals surface area contributed by atoms with Crippen molar-refractivity contribution in [2.75, 3.05) is 23.7 Å². The predicted molar refractivity (Wildman–Crippen MR) is 115 cm³/mol. The molecule has 152 valence electrons. The third-order valence-electron chi connectivity index (χ3n) is 5.74. The summed E-state index contributed by atoms with van der Waals surface area (Å²) < 4.78 is 0. The van der Waals surface area contributed by atoms with E-state index in [1.165, 1.54) is 0 Å². The third kappa shape index (κ3) is 4.59. The van der Waals surface area contributed by atoms with Crippen LogP contribution >= 0.6 is 0 Å². The maximum absolute atomic E-state index is 12.8. The highest BCUT2D eigenvalue weighted by Gasteiger charge is 2.29. The van der Waals surface area contributed by atoms with Crippen LogP contribution in [-0.4, -0.2) is 36.0 Å². The molecule has 0 saturated carbocycles. The van der Waals surface area contributed by atoms with E-state index in [0.29, 0.717) is 13.1 Å². The predicted octanol–water partition coefficient (Wildman–Crippen LogP) is 3.67. The molecule has 2 aliphatic heterocycles. The number of fused-ring (bicyclic) bond motifs is 1. The molecule has 0 aromatic heterocycles. The van der Waals surface area contributed by atoms with Gasteiger partial charge in [0.15, 0.2) is 0 Å². The number of rotatable bonds is 3. The molecule has 0 radical (unpaired) electrons. The lowest BCUT2D eigenvalue weighted by Crippen LogP contribution is -2.49. The van der Waals surface area contributed by atoms with Crippen LogP contribution in [0.2, 0.25) is 0 Å². The van der Waals surface area contributed by atoms with Gasteiger partial charge in [0.2, 0.25) is 5.91 Å². The van der Waals surface area contributed by atoms with Crippen LogP contribution < -0.4 is 16.0 Å². The monoisotopic (exact) mass is 392 g/mol. The Balaban J connectivity index is 1.42. The van der Waals surface area contributed by atoms with Crippen molar-refractivity contribution in [1.29, 1.82) is 0 Å². The van der Waals surface area contributed by atoms with Gasteiger partial charge in [-0.15, -0.1) is 0 Å². The van der Waals surface area contributed by atoms with Crippen molar-refractivity contribution < 1.29 is 9.59 Å². The zero-order chi connectivity index (χ0) is 20.2. The van der Waals surface area contributed by atoms with Gasteiger partial charge in [0.1, 0.15) is 0 Å². The minimum absolute atomic E-state index is 0.0492. The van der Waals surface area contributed by atoms with E-state index in [1.54, 1.807) is 0 Å². The summed E-state index contributed by atoms with van der Waals surface area (Å²) in [6.07, 6.45) is 3.92. The number of nitrogens with zero attached hydrogens (tertiary/aromatic N) is 1. The Morgan fingerprint density at radius 2 is 1.90 bits per heavy atom. The maximum atomic E-state index is 12.8. The summed E-state index contributed by atoms with van der Waals surface area (Å²) in [5.74, 6) is 0.200. The molecule has 1 fully saturated rings. The van der Waals surface area contributed by atoms with E-state index in [9.17, 15) is 9.59 Å². The molecule has 0 aliphatic carbocycles. The molecule has 6 heteroatoms. The number of hydrogen-bond acceptors (Lipinski definition) is 3. The number of urea groups is 1. The Bertz CT molecular complexity index is 888. The van der Waals surface area contributed by atoms with E-state index in [4.69, 9.17) is 0 Å². The summed E-state index contributed by atoms with van der Waals surface area (Å²) in [7, 11) is 0. The SMILES string of the molecule is Cc1ccc(NC(=O)Nc2cccc3c2CCN(C(=O)C2CCCCN2)C3)cc1. The summed E-state index contributed by atoms with van der Waals surface area (Å²) in [5, 5.41) is 9.19. The number of anilines is 2. The fourth-order valence-electron chi connectivity index (χ4n) is 4.12. The molecule has 1 saturated heterocycles. The van der Waals surface area contributed by atoms with E-state index < -0.39 is 0 Å². The van der Waals surface area contributed by atoms with Gasteiger partial charge in [-0.3, -0.25) is 4.79 Å². The molecule has 1 atom stereocenters. The van der Waals surface area contributed by atoms with Crippen LogP contribution in [0, 0.1) is 6.92 Å². The molecule has 6 nitrogen and oxygen atoms in total.